The molecular formula is C19H21ClN6S. The van der Waals surface area contributed by atoms with Crippen molar-refractivity contribution in [1.29, 1.82) is 0 Å². The summed E-state index contributed by atoms with van der Waals surface area (Å²) in [7, 11) is 1.93. The molecule has 0 radical (unpaired) electrons. The predicted octanol–water partition coefficient (Wildman–Crippen LogP) is 3.45. The van der Waals surface area contributed by atoms with Crippen LogP contribution in [0.1, 0.15) is 0 Å². The van der Waals surface area contributed by atoms with Gasteiger partial charge in [0, 0.05) is 45.0 Å². The van der Waals surface area contributed by atoms with E-state index in [0.717, 1.165) is 43.4 Å². The molecule has 0 aliphatic carbocycles. The van der Waals surface area contributed by atoms with Crippen LogP contribution in [0.5, 0.6) is 0 Å². The molecule has 27 heavy (non-hydrogen) atoms. The van der Waals surface area contributed by atoms with E-state index in [9.17, 15) is 0 Å². The van der Waals surface area contributed by atoms with Crippen molar-refractivity contribution < 1.29 is 0 Å². The SMILES string of the molecule is Cn1c(-c2ccccc2Cl)nn(CN2CCN(c3ccccn3)CC2)c1=S. The molecule has 1 aliphatic heterocycles. The minimum Gasteiger partial charge on any atom is -0.354 e. The molecule has 0 saturated carbocycles. The number of rotatable bonds is 4. The van der Waals surface area contributed by atoms with Gasteiger partial charge < -0.3 is 9.47 Å². The average molecular weight is 401 g/mol. The molecule has 0 unspecified atom stereocenters. The zero-order chi connectivity index (χ0) is 18.8. The number of hydrogen-bond acceptors (Lipinski definition) is 5. The Morgan fingerprint density at radius 2 is 1.78 bits per heavy atom. The Morgan fingerprint density at radius 3 is 2.48 bits per heavy atom. The Hall–Kier alpha value is -2.22. The van der Waals surface area contributed by atoms with E-state index in [1.165, 1.54) is 0 Å². The molecular weight excluding hydrogens is 380 g/mol. The lowest BCUT2D eigenvalue weighted by Crippen LogP contribution is -2.47. The van der Waals surface area contributed by atoms with E-state index in [1.807, 2.05) is 58.9 Å². The Morgan fingerprint density at radius 1 is 1.04 bits per heavy atom. The summed E-state index contributed by atoms with van der Waals surface area (Å²) in [5.74, 6) is 1.82. The lowest BCUT2D eigenvalue weighted by atomic mass is 10.2. The number of aromatic nitrogens is 4. The van der Waals surface area contributed by atoms with E-state index in [0.29, 0.717) is 16.5 Å². The van der Waals surface area contributed by atoms with Crippen LogP contribution in [-0.2, 0) is 13.7 Å². The van der Waals surface area contributed by atoms with E-state index in [1.54, 1.807) is 0 Å². The van der Waals surface area contributed by atoms with Gasteiger partial charge >= 0.3 is 0 Å². The molecule has 8 heteroatoms. The second-order valence-electron chi connectivity index (χ2n) is 6.58. The fourth-order valence-electron chi connectivity index (χ4n) is 3.31. The van der Waals surface area contributed by atoms with Crippen LogP contribution in [0.4, 0.5) is 5.82 Å². The van der Waals surface area contributed by atoms with Gasteiger partial charge in [-0.15, -0.1) is 0 Å². The Balaban J connectivity index is 1.47. The van der Waals surface area contributed by atoms with E-state index in [4.69, 9.17) is 28.9 Å². The van der Waals surface area contributed by atoms with E-state index < -0.39 is 0 Å². The summed E-state index contributed by atoms with van der Waals surface area (Å²) >= 11 is 11.9. The van der Waals surface area contributed by atoms with Crippen LogP contribution in [0.2, 0.25) is 5.02 Å². The number of piperazine rings is 1. The molecule has 0 amide bonds. The lowest BCUT2D eigenvalue weighted by molar-refractivity contribution is 0.194. The highest BCUT2D eigenvalue weighted by Crippen LogP contribution is 2.26. The molecule has 0 bridgehead atoms. The van der Waals surface area contributed by atoms with Crippen LogP contribution in [0.25, 0.3) is 11.4 Å². The Bertz CT molecular complexity index is 975. The molecule has 2 aromatic heterocycles. The Kier molecular flexibility index (Phi) is 5.24. The van der Waals surface area contributed by atoms with E-state index >= 15 is 0 Å². The van der Waals surface area contributed by atoms with Gasteiger partial charge in [-0.2, -0.15) is 5.10 Å². The molecule has 4 rings (SSSR count). The first-order chi connectivity index (χ1) is 13.1. The van der Waals surface area contributed by atoms with Crippen LogP contribution < -0.4 is 4.90 Å². The summed E-state index contributed by atoms with van der Waals surface area (Å²) in [4.78, 5) is 9.11. The van der Waals surface area contributed by atoms with Gasteiger partial charge in [-0.25, -0.2) is 9.67 Å². The second-order valence-corrected chi connectivity index (χ2v) is 7.35. The van der Waals surface area contributed by atoms with Crippen molar-refractivity contribution in [1.82, 2.24) is 24.2 Å². The second kappa shape index (κ2) is 7.80. The first-order valence-corrected chi connectivity index (χ1v) is 9.69. The topological polar surface area (TPSA) is 42.1 Å². The van der Waals surface area contributed by atoms with Crippen molar-refractivity contribution in [3.8, 4) is 11.4 Å². The molecule has 1 aromatic carbocycles. The molecule has 6 nitrogen and oxygen atoms in total. The molecule has 0 atom stereocenters. The third-order valence-corrected chi connectivity index (χ3v) is 5.65. The van der Waals surface area contributed by atoms with E-state index in [-0.39, 0.29) is 0 Å². The molecule has 1 saturated heterocycles. The molecule has 140 valence electrons. The summed E-state index contributed by atoms with van der Waals surface area (Å²) in [6.45, 7) is 4.43. The highest BCUT2D eigenvalue weighted by molar-refractivity contribution is 7.71. The van der Waals surface area contributed by atoms with Crippen molar-refractivity contribution in [2.75, 3.05) is 31.1 Å². The normalized spacial score (nSPS) is 15.3. The van der Waals surface area contributed by atoms with E-state index in [2.05, 4.69) is 20.9 Å². The zero-order valence-electron chi connectivity index (χ0n) is 15.1. The highest BCUT2D eigenvalue weighted by atomic mass is 35.5. The van der Waals surface area contributed by atoms with Crippen LogP contribution >= 0.6 is 23.8 Å². The summed E-state index contributed by atoms with van der Waals surface area (Å²) in [6.07, 6.45) is 1.84. The molecule has 1 aliphatic rings. The number of anilines is 1. The van der Waals surface area contributed by atoms with Gasteiger partial charge in [-0.05, 0) is 36.5 Å². The number of nitrogens with zero attached hydrogens (tertiary/aromatic N) is 6. The molecule has 1 fully saturated rings. The third kappa shape index (κ3) is 3.76. The first kappa shape index (κ1) is 18.2. The monoisotopic (exact) mass is 400 g/mol. The quantitative estimate of drug-likeness (QED) is 0.627. The van der Waals surface area contributed by atoms with Crippen LogP contribution in [0, 0.1) is 4.77 Å². The van der Waals surface area contributed by atoms with Gasteiger partial charge in [0.2, 0.25) is 0 Å². The largest absolute Gasteiger partial charge is 0.354 e. The minimum atomic E-state index is 0.674. The van der Waals surface area contributed by atoms with Gasteiger partial charge in [0.25, 0.3) is 0 Å². The summed E-state index contributed by atoms with van der Waals surface area (Å²) < 4.78 is 4.49. The molecule has 3 heterocycles. The first-order valence-electron chi connectivity index (χ1n) is 8.90. The van der Waals surface area contributed by atoms with Crippen molar-refractivity contribution in [3.05, 3.63) is 58.5 Å². The highest BCUT2D eigenvalue weighted by Gasteiger charge is 2.20. The van der Waals surface area contributed by atoms with Crippen LogP contribution in [0.15, 0.2) is 48.7 Å². The summed E-state index contributed by atoms with van der Waals surface area (Å²) in [6, 6.07) is 13.7. The molecule has 0 N–H and O–H groups in total. The van der Waals surface area contributed by atoms with Crippen molar-refractivity contribution >= 4 is 29.6 Å². The number of benzene rings is 1. The third-order valence-electron chi connectivity index (χ3n) is 4.84. The summed E-state index contributed by atoms with van der Waals surface area (Å²) in [5, 5.41) is 5.41. The van der Waals surface area contributed by atoms with Gasteiger partial charge in [0.05, 0.1) is 11.7 Å². The standard InChI is InChI=1S/C19H21ClN6S/c1-23-18(15-6-2-3-7-16(15)20)22-26(19(23)27)14-24-10-12-25(13-11-24)17-8-4-5-9-21-17/h2-9H,10-14H2,1H3. The summed E-state index contributed by atoms with van der Waals surface area (Å²) in [5.41, 5.74) is 0.895. The van der Waals surface area contributed by atoms with Crippen molar-refractivity contribution in [2.24, 2.45) is 7.05 Å². The molecule has 3 aromatic rings. The van der Waals surface area contributed by atoms with Crippen LogP contribution in [0.3, 0.4) is 0 Å². The molecule has 0 spiro atoms. The fraction of sp³-hybridized carbons (Fsp3) is 0.316. The lowest BCUT2D eigenvalue weighted by Gasteiger charge is -2.35. The number of hydrogen-bond donors (Lipinski definition) is 0. The van der Waals surface area contributed by atoms with Gasteiger partial charge in [-0.1, -0.05) is 29.8 Å². The van der Waals surface area contributed by atoms with Crippen molar-refractivity contribution in [2.45, 2.75) is 6.67 Å². The van der Waals surface area contributed by atoms with Gasteiger partial charge in [0.15, 0.2) is 10.6 Å². The average Bonchev–Trinajstić information content (AvgIpc) is 2.98. The fourth-order valence-corrected chi connectivity index (χ4v) is 3.71. The smallest absolute Gasteiger partial charge is 0.199 e. The zero-order valence-corrected chi connectivity index (χ0v) is 16.7. The minimum absolute atomic E-state index is 0.674. The predicted molar refractivity (Wildman–Crippen MR) is 111 cm³/mol. The number of halogens is 1. The van der Waals surface area contributed by atoms with Crippen LogP contribution in [-0.4, -0.2) is 50.4 Å². The maximum Gasteiger partial charge on any atom is 0.199 e. The van der Waals surface area contributed by atoms with Crippen molar-refractivity contribution in [3.63, 3.8) is 0 Å². The van der Waals surface area contributed by atoms with Gasteiger partial charge in [0.1, 0.15) is 5.82 Å². The number of pyridine rings is 1. The Labute approximate surface area is 168 Å². The maximum absolute atomic E-state index is 6.34. The maximum atomic E-state index is 6.34. The van der Waals surface area contributed by atoms with Gasteiger partial charge in [-0.3, -0.25) is 4.90 Å².